The molecule has 0 spiro atoms. The Labute approximate surface area is 195 Å². The Morgan fingerprint density at radius 3 is 1.97 bits per heavy atom. The van der Waals surface area contributed by atoms with Crippen LogP contribution < -0.4 is 21.9 Å². The highest BCUT2D eigenvalue weighted by Crippen LogP contribution is 2.50. The lowest BCUT2D eigenvalue weighted by atomic mass is 9.65. The minimum Gasteiger partial charge on any atom is -0.279 e. The predicted molar refractivity (Wildman–Crippen MR) is 150 cm³/mol. The summed E-state index contributed by atoms with van der Waals surface area (Å²) in [5.74, 6) is 1.09. The number of rotatable bonds is 0. The number of imidazole rings is 1. The third-order valence-electron chi connectivity index (χ3n) is 8.11. The van der Waals surface area contributed by atoms with Crippen molar-refractivity contribution in [1.29, 1.82) is 0 Å². The molecule has 0 saturated carbocycles. The lowest BCUT2D eigenvalue weighted by Gasteiger charge is -2.24. The van der Waals surface area contributed by atoms with Crippen LogP contribution in [0.1, 0.15) is 71.8 Å². The van der Waals surface area contributed by atoms with Gasteiger partial charge in [0.1, 0.15) is 42.9 Å². The molecule has 0 unspecified atom stereocenters. The molecule has 32 heavy (non-hydrogen) atoms. The van der Waals surface area contributed by atoms with E-state index in [1.54, 1.807) is 0 Å². The summed E-state index contributed by atoms with van der Waals surface area (Å²) < 4.78 is 2.36. The number of hydrogen-bond donors (Lipinski definition) is 0. The predicted octanol–water partition coefficient (Wildman–Crippen LogP) is -0.674. The van der Waals surface area contributed by atoms with Crippen LogP contribution in [-0.4, -0.2) is 45.8 Å². The van der Waals surface area contributed by atoms with Crippen LogP contribution >= 0.6 is 0 Å². The highest BCUT2D eigenvalue weighted by Gasteiger charge is 2.42. The first-order valence-corrected chi connectivity index (χ1v) is 11.9. The maximum atomic E-state index is 5.34. The maximum absolute atomic E-state index is 5.34. The zero-order valence-corrected chi connectivity index (χ0v) is 21.7. The first kappa shape index (κ1) is 21.7. The van der Waals surface area contributed by atoms with E-state index in [0.29, 0.717) is 0 Å². The Balaban J connectivity index is 2.06. The third kappa shape index (κ3) is 2.72. The van der Waals surface area contributed by atoms with Gasteiger partial charge in [-0.05, 0) is 40.5 Å². The van der Waals surface area contributed by atoms with Crippen molar-refractivity contribution >= 4 is 80.8 Å². The van der Waals surface area contributed by atoms with Gasteiger partial charge in [0.25, 0.3) is 0 Å². The maximum Gasteiger partial charge on any atom is 0.148 e. The zero-order valence-electron chi connectivity index (χ0n) is 21.7. The van der Waals surface area contributed by atoms with Gasteiger partial charge in [-0.15, -0.1) is 5.46 Å². The molecule has 0 atom stereocenters. The highest BCUT2D eigenvalue weighted by atomic mass is 15.1. The molecule has 0 fully saturated rings. The minimum absolute atomic E-state index is 0.104. The SMILES string of the molecule is Bc1c(B)c(B)c2c(nc(C(C)(C)C)n3c4cc5c(cc4nc23)C(C)(C)CC5(C)C)c1B. The summed E-state index contributed by atoms with van der Waals surface area (Å²) in [5, 5.41) is 1.20. The summed E-state index contributed by atoms with van der Waals surface area (Å²) in [6, 6.07) is 4.79. The van der Waals surface area contributed by atoms with Crippen molar-refractivity contribution in [3.05, 3.63) is 29.1 Å². The quantitative estimate of drug-likeness (QED) is 0.355. The van der Waals surface area contributed by atoms with E-state index in [0.717, 1.165) is 28.9 Å². The van der Waals surface area contributed by atoms with Crippen molar-refractivity contribution in [2.75, 3.05) is 0 Å². The molecule has 2 aromatic heterocycles. The summed E-state index contributed by atoms with van der Waals surface area (Å²) in [5.41, 5.74) is 12.8. The van der Waals surface area contributed by atoms with E-state index in [1.165, 1.54) is 43.9 Å². The van der Waals surface area contributed by atoms with Crippen LogP contribution in [0.2, 0.25) is 0 Å². The van der Waals surface area contributed by atoms with Crippen LogP contribution in [-0.2, 0) is 16.2 Å². The third-order valence-corrected chi connectivity index (χ3v) is 8.11. The van der Waals surface area contributed by atoms with E-state index in [2.05, 4.69) is 96.4 Å². The average molecular weight is 419 g/mol. The molecule has 2 aromatic carbocycles. The van der Waals surface area contributed by atoms with E-state index >= 15 is 0 Å². The Hall–Kier alpha value is -2.16. The van der Waals surface area contributed by atoms with E-state index in [4.69, 9.17) is 9.97 Å². The second kappa shape index (κ2) is 6.24. The lowest BCUT2D eigenvalue weighted by Crippen LogP contribution is -2.48. The molecule has 3 nitrogen and oxygen atoms in total. The van der Waals surface area contributed by atoms with E-state index in [1.807, 2.05) is 0 Å². The van der Waals surface area contributed by atoms with Crippen LogP contribution in [0, 0.1) is 0 Å². The number of fused-ring (bicyclic) bond motifs is 6. The number of aromatic nitrogens is 3. The molecule has 0 N–H and O–H groups in total. The topological polar surface area (TPSA) is 30.2 Å². The van der Waals surface area contributed by atoms with Gasteiger partial charge in [-0.25, -0.2) is 9.97 Å². The highest BCUT2D eigenvalue weighted by molar-refractivity contribution is 6.66. The van der Waals surface area contributed by atoms with Gasteiger partial charge in [-0.1, -0.05) is 64.9 Å². The van der Waals surface area contributed by atoms with E-state index < -0.39 is 0 Å². The monoisotopic (exact) mass is 419 g/mol. The van der Waals surface area contributed by atoms with Gasteiger partial charge in [0.2, 0.25) is 0 Å². The average Bonchev–Trinajstić information content (AvgIpc) is 3.13. The van der Waals surface area contributed by atoms with E-state index in [-0.39, 0.29) is 16.2 Å². The second-order valence-corrected chi connectivity index (χ2v) is 12.5. The fourth-order valence-electron chi connectivity index (χ4n) is 6.29. The van der Waals surface area contributed by atoms with Crippen molar-refractivity contribution in [1.82, 2.24) is 14.4 Å². The van der Waals surface area contributed by atoms with Gasteiger partial charge < -0.3 is 0 Å². The van der Waals surface area contributed by atoms with Crippen molar-refractivity contribution in [3.63, 3.8) is 0 Å². The molecule has 0 radical (unpaired) electrons. The van der Waals surface area contributed by atoms with Crippen LogP contribution in [0.3, 0.4) is 0 Å². The Bertz CT molecular complexity index is 1470. The molecule has 1 aliphatic rings. The zero-order chi connectivity index (χ0) is 23.5. The summed E-state index contributed by atoms with van der Waals surface area (Å²) in [7, 11) is 8.89. The van der Waals surface area contributed by atoms with Crippen LogP contribution in [0.4, 0.5) is 0 Å². The molecular weight excluding hydrogens is 386 g/mol. The van der Waals surface area contributed by atoms with Gasteiger partial charge in [-0.2, -0.15) is 0 Å². The Morgan fingerprint density at radius 2 is 1.38 bits per heavy atom. The molecular formula is C25H33B4N3. The van der Waals surface area contributed by atoms with Crippen LogP contribution in [0.25, 0.3) is 27.6 Å². The second-order valence-electron chi connectivity index (χ2n) is 12.5. The molecule has 1 aliphatic carbocycles. The molecule has 5 rings (SSSR count). The van der Waals surface area contributed by atoms with Crippen LogP contribution in [0.15, 0.2) is 12.1 Å². The number of benzene rings is 2. The summed E-state index contributed by atoms with van der Waals surface area (Å²) in [6.07, 6.45) is 1.16. The van der Waals surface area contributed by atoms with Gasteiger partial charge in [0.05, 0.1) is 16.6 Å². The summed E-state index contributed by atoms with van der Waals surface area (Å²) >= 11 is 0. The van der Waals surface area contributed by atoms with Gasteiger partial charge in [-0.3, -0.25) is 4.40 Å². The fourth-order valence-corrected chi connectivity index (χ4v) is 6.29. The summed E-state index contributed by atoms with van der Waals surface area (Å²) in [6.45, 7) is 16.3. The van der Waals surface area contributed by atoms with Crippen molar-refractivity contribution in [3.8, 4) is 0 Å². The molecule has 0 aliphatic heterocycles. The number of hydrogen-bond acceptors (Lipinski definition) is 2. The van der Waals surface area contributed by atoms with Gasteiger partial charge >= 0.3 is 0 Å². The molecule has 160 valence electrons. The Morgan fingerprint density at radius 1 is 0.812 bits per heavy atom. The molecule has 0 saturated heterocycles. The standard InChI is InChI=1S/C25H33B4N3/c1-23(2,3)22-31-20-15(16(26)17(27)18(28)19(20)29)21-30-13-8-11-12(9-14(13)32(21)22)25(6,7)10-24(11,4)5/h8-9H,10,26-29H2,1-7H3. The molecule has 0 amide bonds. The van der Waals surface area contributed by atoms with Crippen molar-refractivity contribution in [2.24, 2.45) is 0 Å². The molecule has 0 bridgehead atoms. The summed E-state index contributed by atoms with van der Waals surface area (Å²) in [4.78, 5) is 10.6. The smallest absolute Gasteiger partial charge is 0.148 e. The van der Waals surface area contributed by atoms with Gasteiger partial charge in [0.15, 0.2) is 0 Å². The minimum atomic E-state index is -0.104. The normalized spacial score (nSPS) is 17.5. The largest absolute Gasteiger partial charge is 0.279 e. The van der Waals surface area contributed by atoms with E-state index in [9.17, 15) is 0 Å². The molecule has 2 heterocycles. The lowest BCUT2D eigenvalue weighted by molar-refractivity contribution is 0.403. The molecule has 7 heteroatoms. The number of nitrogens with zero attached hydrogens (tertiary/aromatic N) is 3. The Kier molecular flexibility index (Phi) is 4.23. The fraction of sp³-hybridized carbons (Fsp3) is 0.440. The molecule has 4 aromatic rings. The first-order valence-electron chi connectivity index (χ1n) is 11.9. The first-order chi connectivity index (χ1) is 14.6. The van der Waals surface area contributed by atoms with Crippen molar-refractivity contribution in [2.45, 2.75) is 71.1 Å². The van der Waals surface area contributed by atoms with Crippen LogP contribution in [0.5, 0.6) is 0 Å². The van der Waals surface area contributed by atoms with Gasteiger partial charge in [0, 0.05) is 10.8 Å². The van der Waals surface area contributed by atoms with Crippen molar-refractivity contribution < 1.29 is 0 Å².